The van der Waals surface area contributed by atoms with E-state index in [-0.39, 0.29) is 6.04 Å². The SMILES string of the molecule is COCCOCCC(NN)c1ccc(C(F)(F)F)cc1. The lowest BCUT2D eigenvalue weighted by Gasteiger charge is -2.17. The van der Waals surface area contributed by atoms with Crippen molar-refractivity contribution < 1.29 is 22.6 Å². The fourth-order valence-corrected chi connectivity index (χ4v) is 1.70. The molecular weight excluding hydrogens is 273 g/mol. The monoisotopic (exact) mass is 292 g/mol. The molecule has 0 fully saturated rings. The molecule has 7 heteroatoms. The molecule has 1 atom stereocenters. The highest BCUT2D eigenvalue weighted by atomic mass is 19.4. The lowest BCUT2D eigenvalue weighted by atomic mass is 10.0. The molecule has 0 radical (unpaired) electrons. The molecule has 0 spiro atoms. The predicted octanol–water partition coefficient (Wildman–Crippen LogP) is 2.26. The van der Waals surface area contributed by atoms with E-state index in [1.54, 1.807) is 7.11 Å². The van der Waals surface area contributed by atoms with E-state index in [1.807, 2.05) is 0 Å². The first kappa shape index (κ1) is 16.9. The van der Waals surface area contributed by atoms with Crippen LogP contribution < -0.4 is 11.3 Å². The van der Waals surface area contributed by atoms with Gasteiger partial charge in [0.05, 0.1) is 18.8 Å². The van der Waals surface area contributed by atoms with E-state index in [0.29, 0.717) is 31.8 Å². The van der Waals surface area contributed by atoms with Gasteiger partial charge >= 0.3 is 6.18 Å². The molecule has 1 aromatic carbocycles. The molecule has 1 rings (SSSR count). The number of hydrazine groups is 1. The molecule has 0 saturated carbocycles. The van der Waals surface area contributed by atoms with Crippen LogP contribution in [0.25, 0.3) is 0 Å². The second-order valence-electron chi connectivity index (χ2n) is 4.23. The van der Waals surface area contributed by atoms with Crippen LogP contribution in [0.4, 0.5) is 13.2 Å². The molecular formula is C13H19F3N2O2. The van der Waals surface area contributed by atoms with Gasteiger partial charge in [-0.3, -0.25) is 11.3 Å². The van der Waals surface area contributed by atoms with Crippen LogP contribution in [0.15, 0.2) is 24.3 Å². The smallest absolute Gasteiger partial charge is 0.382 e. The average molecular weight is 292 g/mol. The normalized spacial score (nSPS) is 13.4. The molecule has 0 aromatic heterocycles. The molecule has 0 saturated heterocycles. The van der Waals surface area contributed by atoms with Gasteiger partial charge < -0.3 is 9.47 Å². The molecule has 0 bridgehead atoms. The Morgan fingerprint density at radius 1 is 1.15 bits per heavy atom. The summed E-state index contributed by atoms with van der Waals surface area (Å²) in [6.45, 7) is 1.42. The fraction of sp³-hybridized carbons (Fsp3) is 0.538. The van der Waals surface area contributed by atoms with Crippen LogP contribution in [0.3, 0.4) is 0 Å². The minimum atomic E-state index is -4.33. The van der Waals surface area contributed by atoms with E-state index >= 15 is 0 Å². The Morgan fingerprint density at radius 2 is 1.80 bits per heavy atom. The third kappa shape index (κ3) is 5.46. The summed E-state index contributed by atoms with van der Waals surface area (Å²) < 4.78 is 47.5. The molecule has 4 nitrogen and oxygen atoms in total. The maximum Gasteiger partial charge on any atom is 0.416 e. The summed E-state index contributed by atoms with van der Waals surface area (Å²) in [4.78, 5) is 0. The number of ether oxygens (including phenoxy) is 2. The summed E-state index contributed by atoms with van der Waals surface area (Å²) in [5.74, 6) is 5.42. The van der Waals surface area contributed by atoms with E-state index in [1.165, 1.54) is 12.1 Å². The van der Waals surface area contributed by atoms with Gasteiger partial charge in [-0.25, -0.2) is 0 Å². The molecule has 114 valence electrons. The van der Waals surface area contributed by atoms with Crippen molar-refractivity contribution in [2.24, 2.45) is 5.84 Å². The molecule has 0 aliphatic rings. The van der Waals surface area contributed by atoms with Crippen molar-refractivity contribution in [3.63, 3.8) is 0 Å². The molecule has 0 aliphatic heterocycles. The van der Waals surface area contributed by atoms with E-state index in [4.69, 9.17) is 15.3 Å². The number of hydrogen-bond acceptors (Lipinski definition) is 4. The van der Waals surface area contributed by atoms with Crippen LogP contribution in [0, 0.1) is 0 Å². The fourth-order valence-electron chi connectivity index (χ4n) is 1.70. The highest BCUT2D eigenvalue weighted by molar-refractivity contribution is 5.26. The Hall–Kier alpha value is -1.15. The molecule has 0 heterocycles. The molecule has 20 heavy (non-hydrogen) atoms. The van der Waals surface area contributed by atoms with E-state index < -0.39 is 11.7 Å². The molecule has 3 N–H and O–H groups in total. The molecule has 1 unspecified atom stereocenters. The topological polar surface area (TPSA) is 56.5 Å². The van der Waals surface area contributed by atoms with Crippen LogP contribution in [0.2, 0.25) is 0 Å². The number of alkyl halides is 3. The minimum absolute atomic E-state index is 0.250. The number of hydrogen-bond donors (Lipinski definition) is 2. The number of nitrogens with two attached hydrogens (primary N) is 1. The Balaban J connectivity index is 2.53. The van der Waals surface area contributed by atoms with Gasteiger partial charge in [-0.2, -0.15) is 13.2 Å². The zero-order valence-electron chi connectivity index (χ0n) is 11.2. The van der Waals surface area contributed by atoms with Crippen molar-refractivity contribution in [1.82, 2.24) is 5.43 Å². The summed E-state index contributed by atoms with van der Waals surface area (Å²) in [5.41, 5.74) is 2.59. The maximum atomic E-state index is 12.5. The second kappa shape index (κ2) is 8.21. The summed E-state index contributed by atoms with van der Waals surface area (Å²) >= 11 is 0. The maximum absolute atomic E-state index is 12.5. The number of methoxy groups -OCH3 is 1. The van der Waals surface area contributed by atoms with Gasteiger partial charge in [0.1, 0.15) is 0 Å². The summed E-state index contributed by atoms with van der Waals surface area (Å²) in [7, 11) is 1.58. The third-order valence-corrected chi connectivity index (χ3v) is 2.82. The summed E-state index contributed by atoms with van der Waals surface area (Å²) in [6.07, 6.45) is -3.76. The number of halogens is 3. The second-order valence-corrected chi connectivity index (χ2v) is 4.23. The Labute approximate surface area is 116 Å². The first-order valence-electron chi connectivity index (χ1n) is 6.19. The van der Waals surface area contributed by atoms with Crippen LogP contribution >= 0.6 is 0 Å². The van der Waals surface area contributed by atoms with Crippen LogP contribution in [-0.2, 0) is 15.7 Å². The Morgan fingerprint density at radius 3 is 2.30 bits per heavy atom. The highest BCUT2D eigenvalue weighted by Crippen LogP contribution is 2.30. The van der Waals surface area contributed by atoms with Gasteiger partial charge in [-0.1, -0.05) is 12.1 Å². The van der Waals surface area contributed by atoms with Gasteiger partial charge in [0.15, 0.2) is 0 Å². The average Bonchev–Trinajstić information content (AvgIpc) is 2.42. The van der Waals surface area contributed by atoms with E-state index in [0.717, 1.165) is 12.1 Å². The van der Waals surface area contributed by atoms with Gasteiger partial charge in [-0.05, 0) is 24.1 Å². The molecule has 1 aromatic rings. The quantitative estimate of drug-likeness (QED) is 0.438. The van der Waals surface area contributed by atoms with Crippen molar-refractivity contribution in [3.05, 3.63) is 35.4 Å². The van der Waals surface area contributed by atoms with Gasteiger partial charge in [0.2, 0.25) is 0 Å². The van der Waals surface area contributed by atoms with Crippen LogP contribution in [-0.4, -0.2) is 26.9 Å². The highest BCUT2D eigenvalue weighted by Gasteiger charge is 2.30. The number of nitrogens with one attached hydrogen (secondary N) is 1. The van der Waals surface area contributed by atoms with Gasteiger partial charge in [0.25, 0.3) is 0 Å². The Kier molecular flexibility index (Phi) is 6.94. The standard InChI is InChI=1S/C13H19F3N2O2/c1-19-8-9-20-7-6-12(18-17)10-2-4-11(5-3-10)13(14,15)16/h2-5,12,18H,6-9,17H2,1H3. The zero-order valence-corrected chi connectivity index (χ0v) is 11.2. The van der Waals surface area contributed by atoms with Gasteiger partial charge in [0, 0.05) is 19.8 Å². The van der Waals surface area contributed by atoms with Gasteiger partial charge in [-0.15, -0.1) is 0 Å². The lowest BCUT2D eigenvalue weighted by molar-refractivity contribution is -0.137. The van der Waals surface area contributed by atoms with Crippen molar-refractivity contribution in [2.75, 3.05) is 26.9 Å². The van der Waals surface area contributed by atoms with E-state index in [2.05, 4.69) is 5.43 Å². The molecule has 0 aliphatic carbocycles. The van der Waals surface area contributed by atoms with Crippen LogP contribution in [0.1, 0.15) is 23.6 Å². The largest absolute Gasteiger partial charge is 0.416 e. The Bertz CT molecular complexity index is 382. The predicted molar refractivity (Wildman–Crippen MR) is 68.8 cm³/mol. The summed E-state index contributed by atoms with van der Waals surface area (Å²) in [6, 6.07) is 4.68. The number of rotatable bonds is 8. The number of benzene rings is 1. The first-order valence-corrected chi connectivity index (χ1v) is 6.19. The van der Waals surface area contributed by atoms with Crippen molar-refractivity contribution in [1.29, 1.82) is 0 Å². The minimum Gasteiger partial charge on any atom is -0.382 e. The van der Waals surface area contributed by atoms with Crippen molar-refractivity contribution in [3.8, 4) is 0 Å². The van der Waals surface area contributed by atoms with Crippen molar-refractivity contribution in [2.45, 2.75) is 18.6 Å². The van der Waals surface area contributed by atoms with Crippen molar-refractivity contribution >= 4 is 0 Å². The summed E-state index contributed by atoms with van der Waals surface area (Å²) in [5, 5.41) is 0. The first-order chi connectivity index (χ1) is 9.49. The zero-order chi connectivity index (χ0) is 15.0. The molecule has 0 amide bonds. The van der Waals surface area contributed by atoms with E-state index in [9.17, 15) is 13.2 Å². The lowest BCUT2D eigenvalue weighted by Crippen LogP contribution is -2.29. The van der Waals surface area contributed by atoms with Crippen LogP contribution in [0.5, 0.6) is 0 Å². The third-order valence-electron chi connectivity index (χ3n) is 2.82.